The second-order valence-corrected chi connectivity index (χ2v) is 11.6. The number of rotatable bonds is 9. The van der Waals surface area contributed by atoms with Crippen LogP contribution in [0.1, 0.15) is 58.6 Å². The second kappa shape index (κ2) is 12.7. The number of carbonyl (C=O) groups excluding carboxylic acids is 1. The van der Waals surface area contributed by atoms with Gasteiger partial charge >= 0.3 is 13.8 Å². The summed E-state index contributed by atoms with van der Waals surface area (Å²) in [6, 6.07) is 9.16. The summed E-state index contributed by atoms with van der Waals surface area (Å²) in [7, 11) is -1.60. The molecular formula is C27H31F3N5O6P. The molecule has 0 spiro atoms. The van der Waals surface area contributed by atoms with E-state index in [4.69, 9.17) is 4.74 Å². The topological polar surface area (TPSA) is 166 Å². The zero-order chi connectivity index (χ0) is 30.7. The van der Waals surface area contributed by atoms with Crippen molar-refractivity contribution in [2.75, 3.05) is 24.8 Å². The lowest BCUT2D eigenvalue weighted by Crippen LogP contribution is -2.21. The number of amides is 1. The lowest BCUT2D eigenvalue weighted by atomic mass is 9.82. The summed E-state index contributed by atoms with van der Waals surface area (Å²) in [5, 5.41) is 17.8. The number of ether oxygens (including phenoxy) is 1. The van der Waals surface area contributed by atoms with Crippen LogP contribution >= 0.6 is 7.60 Å². The van der Waals surface area contributed by atoms with E-state index in [-0.39, 0.29) is 46.2 Å². The van der Waals surface area contributed by atoms with Crippen LogP contribution in [0.25, 0.3) is 0 Å². The minimum Gasteiger partial charge on any atom is -0.495 e. The molecule has 6 N–H and O–H groups in total. The Bertz CT molecular complexity index is 1490. The summed E-state index contributed by atoms with van der Waals surface area (Å²) >= 11 is 0. The summed E-state index contributed by atoms with van der Waals surface area (Å²) in [6.45, 7) is 0. The minimum atomic E-state index is -4.82. The number of aliphatic hydroxyl groups excluding tert-OH is 1. The van der Waals surface area contributed by atoms with Crippen molar-refractivity contribution in [2.45, 2.75) is 50.0 Å². The van der Waals surface area contributed by atoms with Crippen LogP contribution in [0.2, 0.25) is 0 Å². The van der Waals surface area contributed by atoms with Gasteiger partial charge in [0.15, 0.2) is 0 Å². The number of halogens is 3. The van der Waals surface area contributed by atoms with Crippen molar-refractivity contribution >= 4 is 36.6 Å². The molecule has 0 saturated heterocycles. The number of methoxy groups -OCH3 is 1. The number of aliphatic hydroxyl groups is 1. The maximum atomic E-state index is 13.9. The van der Waals surface area contributed by atoms with Crippen molar-refractivity contribution < 1.29 is 42.2 Å². The van der Waals surface area contributed by atoms with E-state index in [1.165, 1.54) is 38.4 Å². The Kier molecular flexibility index (Phi) is 9.41. The molecule has 1 aliphatic rings. The molecule has 0 unspecified atom stereocenters. The zero-order valence-corrected chi connectivity index (χ0v) is 23.7. The molecule has 1 heterocycles. The SMILES string of the molecule is CNC(=O)c1cc([C@H]2CC[C@@H](O)CC2)ccc1Nc1nc(Nc2ccc(CP(=O)(O)O)cc2OC)ncc1C(F)(F)F. The van der Waals surface area contributed by atoms with Crippen molar-refractivity contribution in [3.63, 3.8) is 0 Å². The van der Waals surface area contributed by atoms with E-state index >= 15 is 0 Å². The van der Waals surface area contributed by atoms with Crippen LogP contribution in [0.5, 0.6) is 5.75 Å². The highest BCUT2D eigenvalue weighted by molar-refractivity contribution is 7.50. The molecule has 42 heavy (non-hydrogen) atoms. The molecule has 15 heteroatoms. The van der Waals surface area contributed by atoms with Crippen molar-refractivity contribution in [3.05, 3.63) is 64.8 Å². The van der Waals surface area contributed by atoms with Crippen molar-refractivity contribution in [1.82, 2.24) is 15.3 Å². The fourth-order valence-electron chi connectivity index (χ4n) is 4.82. The van der Waals surface area contributed by atoms with Gasteiger partial charge in [-0.3, -0.25) is 9.36 Å². The van der Waals surface area contributed by atoms with Gasteiger partial charge in [-0.1, -0.05) is 12.1 Å². The molecular weight excluding hydrogens is 578 g/mol. The standard InChI is InChI=1S/C27H31F3N5O6P/c1-31-25(37)19-12-17(16-4-7-18(36)8-5-16)6-10-21(19)33-24-20(27(28,29)30)13-32-26(35-24)34-22-9-3-15(11-23(22)41-2)14-42(38,39)40/h3,6,9-13,16,18,36H,4-5,7-8,14H2,1-2H3,(H,31,37)(H2,38,39,40)(H2,32,33,34,35)/t16-,18+. The first kappa shape index (κ1) is 31.2. The number of anilines is 4. The lowest BCUT2D eigenvalue weighted by molar-refractivity contribution is -0.137. The normalized spacial score (nSPS) is 17.4. The summed E-state index contributed by atoms with van der Waals surface area (Å²) in [5.74, 6) is -1.07. The summed E-state index contributed by atoms with van der Waals surface area (Å²) < 4.78 is 58.5. The van der Waals surface area contributed by atoms with Crippen molar-refractivity contribution in [3.8, 4) is 5.75 Å². The number of benzene rings is 2. The Hall–Kier alpha value is -3.71. The molecule has 2 aromatic carbocycles. The molecule has 0 radical (unpaired) electrons. The average molecular weight is 610 g/mol. The first-order valence-corrected chi connectivity index (χ1v) is 14.8. The van der Waals surface area contributed by atoms with Gasteiger partial charge in [0, 0.05) is 13.2 Å². The van der Waals surface area contributed by atoms with E-state index in [9.17, 15) is 37.4 Å². The molecule has 0 aliphatic heterocycles. The molecule has 3 aromatic rings. The van der Waals surface area contributed by atoms with E-state index in [2.05, 4.69) is 25.9 Å². The number of hydrogen-bond acceptors (Lipinski definition) is 8. The number of carbonyl (C=O) groups is 1. The van der Waals surface area contributed by atoms with E-state index in [0.717, 1.165) is 18.4 Å². The van der Waals surface area contributed by atoms with Crippen LogP contribution < -0.4 is 20.7 Å². The Morgan fingerprint density at radius 2 is 1.76 bits per heavy atom. The van der Waals surface area contributed by atoms with Gasteiger partial charge in [-0.25, -0.2) is 4.98 Å². The number of nitrogens with zero attached hydrogens (tertiary/aromatic N) is 2. The molecule has 226 valence electrons. The van der Waals surface area contributed by atoms with E-state index in [1.54, 1.807) is 12.1 Å². The van der Waals surface area contributed by atoms with Crippen LogP contribution in [-0.4, -0.2) is 51.0 Å². The highest BCUT2D eigenvalue weighted by Gasteiger charge is 2.36. The fourth-order valence-corrected chi connectivity index (χ4v) is 5.50. The van der Waals surface area contributed by atoms with Gasteiger partial charge in [-0.05, 0) is 67.0 Å². The lowest BCUT2D eigenvalue weighted by Gasteiger charge is -2.26. The second-order valence-electron chi connectivity index (χ2n) is 9.95. The Morgan fingerprint density at radius 3 is 2.38 bits per heavy atom. The summed E-state index contributed by atoms with van der Waals surface area (Å²) in [4.78, 5) is 39.1. The Morgan fingerprint density at radius 1 is 1.07 bits per heavy atom. The first-order chi connectivity index (χ1) is 19.8. The summed E-state index contributed by atoms with van der Waals surface area (Å²) in [5.41, 5.74) is 0.446. The average Bonchev–Trinajstić information content (AvgIpc) is 2.92. The largest absolute Gasteiger partial charge is 0.495 e. The minimum absolute atomic E-state index is 0.100. The number of alkyl halides is 3. The van der Waals surface area contributed by atoms with Gasteiger partial charge in [-0.2, -0.15) is 18.2 Å². The van der Waals surface area contributed by atoms with E-state index < -0.39 is 37.2 Å². The first-order valence-electron chi connectivity index (χ1n) is 13.0. The Labute approximate surface area is 239 Å². The van der Waals surface area contributed by atoms with Crippen molar-refractivity contribution in [1.29, 1.82) is 0 Å². The van der Waals surface area contributed by atoms with Crippen LogP contribution in [0.4, 0.5) is 36.3 Å². The van der Waals surface area contributed by atoms with Crippen molar-refractivity contribution in [2.24, 2.45) is 0 Å². The van der Waals surface area contributed by atoms with E-state index in [0.29, 0.717) is 19.0 Å². The van der Waals surface area contributed by atoms with Gasteiger partial charge < -0.3 is 35.6 Å². The molecule has 4 rings (SSSR count). The predicted molar refractivity (Wildman–Crippen MR) is 149 cm³/mol. The third kappa shape index (κ3) is 7.77. The maximum absolute atomic E-state index is 13.9. The Balaban J connectivity index is 1.68. The van der Waals surface area contributed by atoms with Crippen LogP contribution in [0, 0.1) is 0 Å². The van der Waals surface area contributed by atoms with Gasteiger partial charge in [0.25, 0.3) is 5.91 Å². The molecule has 1 aromatic heterocycles. The molecule has 0 atom stereocenters. The van der Waals surface area contributed by atoms with Crippen LogP contribution in [-0.2, 0) is 16.9 Å². The molecule has 1 saturated carbocycles. The number of nitrogens with one attached hydrogen (secondary N) is 3. The third-order valence-electron chi connectivity index (χ3n) is 6.93. The smallest absolute Gasteiger partial charge is 0.421 e. The van der Waals surface area contributed by atoms with Gasteiger partial charge in [0.05, 0.1) is 36.3 Å². The van der Waals surface area contributed by atoms with E-state index in [1.807, 2.05) is 0 Å². The fraction of sp³-hybridized carbons (Fsp3) is 0.370. The number of aromatic nitrogens is 2. The van der Waals surface area contributed by atoms with Gasteiger partial charge in [-0.15, -0.1) is 0 Å². The maximum Gasteiger partial charge on any atom is 0.421 e. The monoisotopic (exact) mass is 609 g/mol. The zero-order valence-electron chi connectivity index (χ0n) is 22.8. The highest BCUT2D eigenvalue weighted by atomic mass is 31.2. The quantitative estimate of drug-likeness (QED) is 0.181. The molecule has 0 bridgehead atoms. The highest BCUT2D eigenvalue weighted by Crippen LogP contribution is 2.41. The third-order valence-corrected chi connectivity index (χ3v) is 7.71. The molecule has 1 amide bonds. The molecule has 1 aliphatic carbocycles. The van der Waals surface area contributed by atoms with Gasteiger partial charge in [0.1, 0.15) is 17.1 Å². The summed E-state index contributed by atoms with van der Waals surface area (Å²) in [6.07, 6.45) is -2.39. The molecule has 1 fully saturated rings. The van der Waals surface area contributed by atoms with Crippen LogP contribution in [0.15, 0.2) is 42.6 Å². The molecule has 11 nitrogen and oxygen atoms in total. The predicted octanol–water partition coefficient (Wildman–Crippen LogP) is 5.05. The van der Waals surface area contributed by atoms with Gasteiger partial charge in [0.2, 0.25) is 5.95 Å². The number of hydrogen-bond donors (Lipinski definition) is 6. The van der Waals surface area contributed by atoms with Crippen LogP contribution in [0.3, 0.4) is 0 Å².